The van der Waals surface area contributed by atoms with Crippen molar-refractivity contribution in [2.75, 3.05) is 32.0 Å². The highest BCUT2D eigenvalue weighted by Crippen LogP contribution is 2.24. The zero-order valence-electron chi connectivity index (χ0n) is 10.5. The third kappa shape index (κ3) is 2.69. The van der Waals surface area contributed by atoms with Gasteiger partial charge in [-0.1, -0.05) is 17.4 Å². The van der Waals surface area contributed by atoms with Gasteiger partial charge in [-0.2, -0.15) is 0 Å². The summed E-state index contributed by atoms with van der Waals surface area (Å²) in [5, 5.41) is 0.562. The summed E-state index contributed by atoms with van der Waals surface area (Å²) < 4.78 is 6.28. The number of thiazole rings is 1. The molecule has 1 saturated heterocycles. The minimum atomic E-state index is 0.153. The minimum absolute atomic E-state index is 0.153. The first-order chi connectivity index (χ1) is 9.22. The van der Waals surface area contributed by atoms with E-state index in [4.69, 9.17) is 10.5 Å². The number of nitrogens with two attached hydrogens (primary N) is 1. The molecule has 2 heterocycles. The quantitative estimate of drug-likeness (QED) is 0.898. The Morgan fingerprint density at radius 1 is 1.42 bits per heavy atom. The summed E-state index contributed by atoms with van der Waals surface area (Å²) in [4.78, 5) is 18.2. The van der Waals surface area contributed by atoms with Gasteiger partial charge in [-0.15, -0.1) is 0 Å². The Morgan fingerprint density at radius 2 is 2.21 bits per heavy atom. The second-order valence-electron chi connectivity index (χ2n) is 4.52. The van der Waals surface area contributed by atoms with E-state index >= 15 is 0 Å². The first kappa shape index (κ1) is 12.4. The van der Waals surface area contributed by atoms with Crippen LogP contribution in [0.1, 0.15) is 5.56 Å². The molecule has 5 nitrogen and oxygen atoms in total. The molecule has 1 aliphatic heterocycles. The molecule has 0 spiro atoms. The number of rotatable bonds is 2. The van der Waals surface area contributed by atoms with Gasteiger partial charge in [0.25, 0.3) is 0 Å². The maximum Gasteiger partial charge on any atom is 0.227 e. The number of benzene rings is 1. The number of nitrogens with zero attached hydrogens (tertiary/aromatic N) is 2. The molecule has 0 unspecified atom stereocenters. The summed E-state index contributed by atoms with van der Waals surface area (Å²) in [7, 11) is 0. The fourth-order valence-electron chi connectivity index (χ4n) is 2.20. The highest BCUT2D eigenvalue weighted by molar-refractivity contribution is 7.22. The van der Waals surface area contributed by atoms with Crippen LogP contribution < -0.4 is 5.73 Å². The number of hydrogen-bond acceptors (Lipinski definition) is 5. The Hall–Kier alpha value is -1.66. The van der Waals surface area contributed by atoms with Crippen molar-refractivity contribution < 1.29 is 9.53 Å². The number of carbonyl (C=O) groups is 1. The van der Waals surface area contributed by atoms with Gasteiger partial charge in [0.1, 0.15) is 0 Å². The molecule has 2 aromatic rings. The Labute approximate surface area is 115 Å². The first-order valence-electron chi connectivity index (χ1n) is 6.23. The second kappa shape index (κ2) is 5.14. The van der Waals surface area contributed by atoms with E-state index in [1.54, 1.807) is 0 Å². The number of amides is 1. The van der Waals surface area contributed by atoms with E-state index in [-0.39, 0.29) is 5.91 Å². The van der Waals surface area contributed by atoms with Gasteiger partial charge in [0, 0.05) is 13.1 Å². The summed E-state index contributed by atoms with van der Waals surface area (Å²) in [6, 6.07) is 5.87. The Bertz CT molecular complexity index is 605. The molecule has 0 bridgehead atoms. The van der Waals surface area contributed by atoms with E-state index in [2.05, 4.69) is 4.98 Å². The highest BCUT2D eigenvalue weighted by atomic mass is 32.1. The maximum atomic E-state index is 12.1. The minimum Gasteiger partial charge on any atom is -0.378 e. The number of anilines is 1. The van der Waals surface area contributed by atoms with Crippen molar-refractivity contribution in [3.8, 4) is 0 Å². The molecule has 1 aliphatic rings. The van der Waals surface area contributed by atoms with Crippen LogP contribution in [-0.2, 0) is 16.0 Å². The molecular formula is C13H15N3O2S. The van der Waals surface area contributed by atoms with E-state index in [1.165, 1.54) is 11.3 Å². The monoisotopic (exact) mass is 277 g/mol. The van der Waals surface area contributed by atoms with Gasteiger partial charge >= 0.3 is 0 Å². The number of ether oxygens (including phenoxy) is 1. The molecule has 1 aromatic carbocycles. The smallest absolute Gasteiger partial charge is 0.227 e. The Kier molecular flexibility index (Phi) is 3.35. The standard InChI is InChI=1S/C13H15N3O2S/c14-13-15-10-2-1-9(7-11(10)19-13)8-12(17)16-3-5-18-6-4-16/h1-2,7H,3-6,8H2,(H2,14,15). The van der Waals surface area contributed by atoms with Crippen LogP contribution in [-0.4, -0.2) is 42.1 Å². The second-order valence-corrected chi connectivity index (χ2v) is 5.59. The van der Waals surface area contributed by atoms with Crippen molar-refractivity contribution in [1.29, 1.82) is 0 Å². The molecular weight excluding hydrogens is 262 g/mol. The average molecular weight is 277 g/mol. The number of hydrogen-bond donors (Lipinski definition) is 1. The normalized spacial score (nSPS) is 15.9. The average Bonchev–Trinajstić information content (AvgIpc) is 2.79. The number of nitrogen functional groups attached to an aromatic ring is 1. The van der Waals surface area contributed by atoms with Gasteiger partial charge in [0.15, 0.2) is 5.13 Å². The molecule has 1 amide bonds. The van der Waals surface area contributed by atoms with Crippen LogP contribution in [0.4, 0.5) is 5.13 Å². The predicted octanol–water partition coefficient (Wildman–Crippen LogP) is 1.28. The van der Waals surface area contributed by atoms with E-state index in [1.807, 2.05) is 23.1 Å². The predicted molar refractivity (Wildman–Crippen MR) is 75.1 cm³/mol. The molecule has 0 aliphatic carbocycles. The van der Waals surface area contributed by atoms with E-state index < -0.39 is 0 Å². The Balaban J connectivity index is 1.74. The van der Waals surface area contributed by atoms with Gasteiger partial charge in [-0.25, -0.2) is 4.98 Å². The number of fused-ring (bicyclic) bond motifs is 1. The van der Waals surface area contributed by atoms with Gasteiger partial charge in [-0.3, -0.25) is 4.79 Å². The fraction of sp³-hybridized carbons (Fsp3) is 0.385. The maximum absolute atomic E-state index is 12.1. The zero-order valence-corrected chi connectivity index (χ0v) is 11.3. The van der Waals surface area contributed by atoms with Gasteiger partial charge in [-0.05, 0) is 17.7 Å². The van der Waals surface area contributed by atoms with E-state index in [0.717, 1.165) is 15.8 Å². The van der Waals surface area contributed by atoms with Gasteiger partial charge in [0.05, 0.1) is 29.9 Å². The van der Waals surface area contributed by atoms with Crippen molar-refractivity contribution >= 4 is 32.6 Å². The summed E-state index contributed by atoms with van der Waals surface area (Å²) in [6.45, 7) is 2.65. The zero-order chi connectivity index (χ0) is 13.2. The molecule has 0 radical (unpaired) electrons. The van der Waals surface area contributed by atoms with E-state index in [0.29, 0.717) is 37.9 Å². The largest absolute Gasteiger partial charge is 0.378 e. The van der Waals surface area contributed by atoms with Crippen LogP contribution in [0.2, 0.25) is 0 Å². The number of aromatic nitrogens is 1. The highest BCUT2D eigenvalue weighted by Gasteiger charge is 2.17. The third-order valence-electron chi connectivity index (χ3n) is 3.19. The van der Waals surface area contributed by atoms with Crippen LogP contribution in [0, 0.1) is 0 Å². The molecule has 0 saturated carbocycles. The van der Waals surface area contributed by atoms with Crippen LogP contribution in [0.25, 0.3) is 10.2 Å². The number of carbonyl (C=O) groups excluding carboxylic acids is 1. The first-order valence-corrected chi connectivity index (χ1v) is 7.04. The van der Waals surface area contributed by atoms with Crippen molar-refractivity contribution in [2.45, 2.75) is 6.42 Å². The van der Waals surface area contributed by atoms with Crippen molar-refractivity contribution in [3.63, 3.8) is 0 Å². The molecule has 2 N–H and O–H groups in total. The molecule has 0 atom stereocenters. The van der Waals surface area contributed by atoms with E-state index in [9.17, 15) is 4.79 Å². The molecule has 1 fully saturated rings. The summed E-state index contributed by atoms with van der Waals surface area (Å²) in [5.41, 5.74) is 7.58. The molecule has 3 rings (SSSR count). The van der Waals surface area contributed by atoms with Crippen molar-refractivity contribution in [3.05, 3.63) is 23.8 Å². The summed E-state index contributed by atoms with van der Waals surface area (Å²) in [5.74, 6) is 0.153. The molecule has 19 heavy (non-hydrogen) atoms. The molecule has 100 valence electrons. The van der Waals surface area contributed by atoms with Crippen LogP contribution in [0.5, 0.6) is 0 Å². The van der Waals surface area contributed by atoms with Crippen molar-refractivity contribution in [2.24, 2.45) is 0 Å². The van der Waals surface area contributed by atoms with Crippen LogP contribution >= 0.6 is 11.3 Å². The lowest BCUT2D eigenvalue weighted by molar-refractivity contribution is -0.134. The SMILES string of the molecule is Nc1nc2ccc(CC(=O)N3CCOCC3)cc2s1. The summed E-state index contributed by atoms with van der Waals surface area (Å²) in [6.07, 6.45) is 0.424. The van der Waals surface area contributed by atoms with Crippen LogP contribution in [0.15, 0.2) is 18.2 Å². The summed E-state index contributed by atoms with van der Waals surface area (Å²) >= 11 is 1.45. The number of morpholine rings is 1. The topological polar surface area (TPSA) is 68.5 Å². The third-order valence-corrected chi connectivity index (χ3v) is 4.04. The molecule has 1 aromatic heterocycles. The van der Waals surface area contributed by atoms with Gasteiger partial charge < -0.3 is 15.4 Å². The fourth-order valence-corrected chi connectivity index (χ4v) is 2.99. The lowest BCUT2D eigenvalue weighted by Crippen LogP contribution is -2.41. The van der Waals surface area contributed by atoms with Crippen molar-refractivity contribution in [1.82, 2.24) is 9.88 Å². The lowest BCUT2D eigenvalue weighted by Gasteiger charge is -2.26. The van der Waals surface area contributed by atoms with Gasteiger partial charge in [0.2, 0.25) is 5.91 Å². The Morgan fingerprint density at radius 3 is 3.00 bits per heavy atom. The lowest BCUT2D eigenvalue weighted by atomic mass is 10.1. The molecule has 6 heteroatoms. The van der Waals surface area contributed by atoms with Crippen LogP contribution in [0.3, 0.4) is 0 Å².